The van der Waals surface area contributed by atoms with Gasteiger partial charge in [-0.15, -0.1) is 0 Å². The molecule has 5 nitrogen and oxygen atoms in total. The fourth-order valence-corrected chi connectivity index (χ4v) is 0. The zero-order valence-corrected chi connectivity index (χ0v) is 8.42. The van der Waals surface area contributed by atoms with Gasteiger partial charge in [-0.05, 0) is 0 Å². The quantitative estimate of drug-likeness (QED) is 0.272. The van der Waals surface area contributed by atoms with Gasteiger partial charge in [0.15, 0.2) is 0 Å². The molecule has 0 spiro atoms. The Labute approximate surface area is 60.8 Å². The van der Waals surface area contributed by atoms with Crippen LogP contribution in [0.3, 0.4) is 0 Å². The molecule has 0 amide bonds. The predicted molar refractivity (Wildman–Crippen MR) is 21.2 cm³/mol. The summed E-state index contributed by atoms with van der Waals surface area (Å²) in [6.45, 7) is 0. The fourth-order valence-electron chi connectivity index (χ4n) is 0. The topological polar surface area (TPSA) is 112 Å². The van der Waals surface area contributed by atoms with Crippen molar-refractivity contribution in [3.05, 3.63) is 0 Å². The van der Waals surface area contributed by atoms with Crippen molar-refractivity contribution in [3.8, 4) is 0 Å². The normalized spacial score (nSPS) is 8.29. The molecule has 7 heteroatoms. The number of hydrogen-bond acceptors (Lipinski definition) is 4. The van der Waals surface area contributed by atoms with E-state index < -0.39 is 10.4 Å². The summed E-state index contributed by atoms with van der Waals surface area (Å²) < 4.78 is 34.1. The van der Waals surface area contributed by atoms with Gasteiger partial charge in [0.25, 0.3) is 0 Å². The molecule has 0 fully saturated rings. The molecule has 3 radical (unpaired) electrons. The van der Waals surface area contributed by atoms with Gasteiger partial charge in [0, 0.05) is 10.4 Å². The van der Waals surface area contributed by atoms with E-state index in [2.05, 4.69) is 0 Å². The number of hydrogen-bond donors (Lipinski definition) is 0. The van der Waals surface area contributed by atoms with Crippen molar-refractivity contribution in [2.45, 2.75) is 0 Å². The van der Waals surface area contributed by atoms with E-state index in [9.17, 15) is 0 Å². The molecule has 0 heterocycles. The van der Waals surface area contributed by atoms with E-state index in [-0.39, 0.29) is 32.8 Å². The summed E-state index contributed by atoms with van der Waals surface area (Å²) in [7, 11) is -5.17. The van der Waals surface area contributed by atoms with Crippen molar-refractivity contribution in [2.24, 2.45) is 0 Å². The van der Waals surface area contributed by atoms with Crippen LogP contribution in [0.5, 0.6) is 0 Å². The summed E-state index contributed by atoms with van der Waals surface area (Å²) in [4.78, 5) is 0. The van der Waals surface area contributed by atoms with Crippen LogP contribution >= 0.6 is 0 Å². The van der Waals surface area contributed by atoms with E-state index in [1.165, 1.54) is 0 Å². The first-order valence-corrected chi connectivity index (χ1v) is 2.00. The van der Waals surface area contributed by atoms with Gasteiger partial charge in [-0.3, -0.25) is 8.42 Å². The molecule has 0 saturated heterocycles. The van der Waals surface area contributed by atoms with Gasteiger partial charge in [0.1, 0.15) is 0 Å². The monoisotopic (exact) mass is 323 g/mol. The Kier molecular flexibility index (Phi) is 11.0. The van der Waals surface area contributed by atoms with Crippen molar-refractivity contribution in [3.63, 3.8) is 0 Å². The van der Waals surface area contributed by atoms with Crippen LogP contribution in [0.2, 0.25) is 0 Å². The van der Waals surface area contributed by atoms with Gasteiger partial charge in [0.2, 0.25) is 0 Å². The number of rotatable bonds is 0. The first kappa shape index (κ1) is 15.7. The molecule has 7 heavy (non-hydrogen) atoms. The van der Waals surface area contributed by atoms with E-state index in [0.717, 1.165) is 0 Å². The molecule has 0 aliphatic rings. The Morgan fingerprint density at radius 2 is 1.14 bits per heavy atom. The Balaban J connectivity index is -0.0000000800. The zero-order valence-electron chi connectivity index (χ0n) is 3.12. The van der Waals surface area contributed by atoms with Crippen molar-refractivity contribution in [1.29, 1.82) is 0 Å². The third kappa shape index (κ3) is 270. The third-order valence-corrected chi connectivity index (χ3v) is 0. The Morgan fingerprint density at radius 1 is 1.14 bits per heavy atom. The average Bonchev–Trinajstić information content (AvgIpc) is 0.722. The van der Waals surface area contributed by atoms with Crippen molar-refractivity contribution < 1.29 is 23.0 Å². The van der Waals surface area contributed by atoms with E-state index in [1.807, 2.05) is 0 Å². The summed E-state index contributed by atoms with van der Waals surface area (Å²) in [5.74, 6) is 0. The van der Waals surface area contributed by atoms with Crippen LogP contribution in [-0.4, -0.2) is 50.3 Å². The van der Waals surface area contributed by atoms with Gasteiger partial charge in [-0.1, -0.05) is 0 Å². The molecule has 0 aliphatic heterocycles. The van der Waals surface area contributed by atoms with E-state index in [1.54, 1.807) is 0 Å². The molecule has 0 aliphatic carbocycles. The minimum atomic E-state index is -5.17. The Hall–Kier alpha value is 0.752. The standard InChI is InChI=1S/H2O4S.H2O.Pb.H/c1-5(2,3)4;;;/h(H2,1,2,3,4);1H2;;/p-2. The van der Waals surface area contributed by atoms with Gasteiger partial charge >= 0.3 is 27.3 Å². The van der Waals surface area contributed by atoms with Crippen LogP contribution in [0.25, 0.3) is 0 Å². The van der Waals surface area contributed by atoms with Gasteiger partial charge in [-0.25, -0.2) is 0 Å². The van der Waals surface area contributed by atoms with Crippen molar-refractivity contribution in [1.82, 2.24) is 0 Å². The van der Waals surface area contributed by atoms with Crippen LogP contribution in [0.4, 0.5) is 0 Å². The average molecular weight is 322 g/mol. The summed E-state index contributed by atoms with van der Waals surface area (Å²) in [5.41, 5.74) is 0. The van der Waals surface area contributed by atoms with Gasteiger partial charge in [0.05, 0.1) is 0 Å². The van der Waals surface area contributed by atoms with Crippen molar-refractivity contribution >= 4 is 37.7 Å². The van der Waals surface area contributed by atoms with Crippen LogP contribution < -0.4 is 0 Å². The molecular formula is H3O5PbS-2. The second-order valence-electron chi connectivity index (χ2n) is 0.408. The molecule has 0 aromatic carbocycles. The van der Waals surface area contributed by atoms with E-state index >= 15 is 0 Å². The molecule has 0 atom stereocenters. The molecule has 0 rings (SSSR count). The molecular weight excluding hydrogens is 319 g/mol. The molecule has 0 bridgehead atoms. The third-order valence-electron chi connectivity index (χ3n) is 0. The second-order valence-corrected chi connectivity index (χ2v) is 1.22. The zero-order chi connectivity index (χ0) is 4.50. The van der Waals surface area contributed by atoms with Crippen molar-refractivity contribution in [2.75, 3.05) is 0 Å². The van der Waals surface area contributed by atoms with Crippen LogP contribution in [-0.2, 0) is 10.4 Å². The SMILES string of the molecule is O.O=S(=O)([O-])[O-].[PbH]. The Bertz CT molecular complexity index is 91.2. The van der Waals surface area contributed by atoms with Crippen LogP contribution in [0.1, 0.15) is 0 Å². The van der Waals surface area contributed by atoms with Crippen LogP contribution in [0, 0.1) is 0 Å². The minimum absolute atomic E-state index is 0. The molecule has 0 aromatic heterocycles. The maximum atomic E-state index is 8.52. The van der Waals surface area contributed by atoms with Gasteiger partial charge < -0.3 is 14.6 Å². The van der Waals surface area contributed by atoms with E-state index in [0.29, 0.717) is 0 Å². The second kappa shape index (κ2) is 4.90. The summed E-state index contributed by atoms with van der Waals surface area (Å²) in [6.07, 6.45) is 0. The summed E-state index contributed by atoms with van der Waals surface area (Å²) >= 11 is 0. The van der Waals surface area contributed by atoms with E-state index in [4.69, 9.17) is 17.5 Å². The van der Waals surface area contributed by atoms with Gasteiger partial charge in [-0.2, -0.15) is 0 Å². The molecule has 0 aromatic rings. The molecule has 45 valence electrons. The fraction of sp³-hybridized carbons (Fsp3) is 0. The Morgan fingerprint density at radius 3 is 1.14 bits per heavy atom. The molecule has 2 N–H and O–H groups in total. The summed E-state index contributed by atoms with van der Waals surface area (Å²) in [6, 6.07) is 0. The molecule has 0 unspecified atom stereocenters. The first-order chi connectivity index (χ1) is 2.00. The first-order valence-electron chi connectivity index (χ1n) is 0.667. The predicted octanol–water partition coefficient (Wildman–Crippen LogP) is -2.81. The summed E-state index contributed by atoms with van der Waals surface area (Å²) in [5, 5.41) is 0. The maximum absolute atomic E-state index is 8.52. The molecule has 0 saturated carbocycles. The van der Waals surface area contributed by atoms with Crippen LogP contribution in [0.15, 0.2) is 0 Å².